The van der Waals surface area contributed by atoms with E-state index in [9.17, 15) is 14.7 Å². The van der Waals surface area contributed by atoms with Gasteiger partial charge in [0, 0.05) is 18.4 Å². The third kappa shape index (κ3) is 3.33. The maximum absolute atomic E-state index is 12.1. The van der Waals surface area contributed by atoms with Gasteiger partial charge >= 0.3 is 5.97 Å². The Hall–Kier alpha value is -2.63. The normalized spacial score (nSPS) is 15.3. The van der Waals surface area contributed by atoms with E-state index < -0.39 is 17.9 Å². The van der Waals surface area contributed by atoms with Gasteiger partial charge in [0.15, 0.2) is 0 Å². The molecular weight excluding hydrogens is 284 g/mol. The first-order valence-electron chi connectivity index (χ1n) is 7.17. The summed E-state index contributed by atoms with van der Waals surface area (Å²) in [5.41, 5.74) is 1.60. The predicted octanol–water partition coefficient (Wildman–Crippen LogP) is 1.98. The van der Waals surface area contributed by atoms with Gasteiger partial charge in [-0.3, -0.25) is 4.79 Å². The van der Waals surface area contributed by atoms with Crippen molar-refractivity contribution in [1.29, 1.82) is 0 Å². The van der Waals surface area contributed by atoms with Crippen LogP contribution in [0.3, 0.4) is 0 Å². The van der Waals surface area contributed by atoms with Crippen LogP contribution >= 0.6 is 0 Å². The molecule has 1 aromatic carbocycles. The highest BCUT2D eigenvalue weighted by atomic mass is 16.5. The van der Waals surface area contributed by atoms with Gasteiger partial charge in [0.2, 0.25) is 5.76 Å². The van der Waals surface area contributed by atoms with Crippen LogP contribution in [0.15, 0.2) is 40.9 Å². The summed E-state index contributed by atoms with van der Waals surface area (Å²) in [7, 11) is 0. The van der Waals surface area contributed by atoms with Crippen LogP contribution in [0.5, 0.6) is 0 Å². The van der Waals surface area contributed by atoms with E-state index in [-0.39, 0.29) is 12.2 Å². The summed E-state index contributed by atoms with van der Waals surface area (Å²) in [5.74, 6) is -1.20. The van der Waals surface area contributed by atoms with Crippen LogP contribution in [0.1, 0.15) is 40.6 Å². The molecule has 1 unspecified atom stereocenters. The molecule has 3 rings (SSSR count). The minimum absolute atomic E-state index is 0.0567. The van der Waals surface area contributed by atoms with Crippen molar-refractivity contribution in [3.05, 3.63) is 53.4 Å². The van der Waals surface area contributed by atoms with Crippen molar-refractivity contribution in [2.75, 3.05) is 0 Å². The van der Waals surface area contributed by atoms with Crippen LogP contribution in [0.4, 0.5) is 0 Å². The van der Waals surface area contributed by atoms with Crippen molar-refractivity contribution in [1.82, 2.24) is 10.5 Å². The molecule has 1 aliphatic carbocycles. The van der Waals surface area contributed by atoms with Gasteiger partial charge < -0.3 is 14.9 Å². The highest BCUT2D eigenvalue weighted by molar-refractivity contribution is 5.94. The zero-order valence-corrected chi connectivity index (χ0v) is 11.9. The summed E-state index contributed by atoms with van der Waals surface area (Å²) in [6.07, 6.45) is 2.32. The minimum atomic E-state index is -1.08. The van der Waals surface area contributed by atoms with Crippen molar-refractivity contribution in [3.8, 4) is 0 Å². The summed E-state index contributed by atoms with van der Waals surface area (Å²) in [6, 6.07) is 9.73. The highest BCUT2D eigenvalue weighted by Gasteiger charge is 2.29. The molecule has 0 spiro atoms. The Morgan fingerprint density at radius 3 is 2.68 bits per heavy atom. The lowest BCUT2D eigenvalue weighted by Gasteiger charge is -2.13. The topological polar surface area (TPSA) is 92.4 Å². The van der Waals surface area contributed by atoms with Crippen LogP contribution in [-0.4, -0.2) is 28.2 Å². The molecule has 114 valence electrons. The Morgan fingerprint density at radius 2 is 2.05 bits per heavy atom. The van der Waals surface area contributed by atoms with Crippen LogP contribution in [0.25, 0.3) is 0 Å². The maximum Gasteiger partial charge on any atom is 0.326 e. The number of carbonyl (C=O) groups excluding carboxylic acids is 1. The number of aliphatic carboxylic acids is 1. The second kappa shape index (κ2) is 6.01. The van der Waals surface area contributed by atoms with Crippen molar-refractivity contribution in [3.63, 3.8) is 0 Å². The lowest BCUT2D eigenvalue weighted by molar-refractivity contribution is -0.139. The lowest BCUT2D eigenvalue weighted by atomic mass is 10.1. The first-order chi connectivity index (χ1) is 10.6. The molecule has 1 aromatic heterocycles. The molecule has 1 amide bonds. The number of amides is 1. The predicted molar refractivity (Wildman–Crippen MR) is 77.5 cm³/mol. The molecule has 2 aromatic rings. The number of carboxylic acids is 1. The van der Waals surface area contributed by atoms with E-state index in [1.54, 1.807) is 6.07 Å². The Bertz CT molecular complexity index is 676. The number of aromatic nitrogens is 1. The first-order valence-corrected chi connectivity index (χ1v) is 7.17. The quantitative estimate of drug-likeness (QED) is 0.851. The highest BCUT2D eigenvalue weighted by Crippen LogP contribution is 2.39. The molecule has 1 saturated carbocycles. The van der Waals surface area contributed by atoms with Crippen LogP contribution in [0, 0.1) is 0 Å². The summed E-state index contributed by atoms with van der Waals surface area (Å²) in [5, 5.41) is 15.6. The monoisotopic (exact) mass is 300 g/mol. The van der Waals surface area contributed by atoms with E-state index >= 15 is 0 Å². The third-order valence-corrected chi connectivity index (χ3v) is 3.63. The number of nitrogens with zero attached hydrogens (tertiary/aromatic N) is 1. The molecule has 0 aliphatic heterocycles. The molecule has 1 fully saturated rings. The van der Waals surface area contributed by atoms with Crippen LogP contribution < -0.4 is 5.32 Å². The second-order valence-electron chi connectivity index (χ2n) is 5.44. The number of nitrogens with one attached hydrogen (secondary N) is 1. The Kier molecular flexibility index (Phi) is 3.91. The lowest BCUT2D eigenvalue weighted by Crippen LogP contribution is -2.42. The first kappa shape index (κ1) is 14.3. The van der Waals surface area contributed by atoms with Gasteiger partial charge in [-0.1, -0.05) is 35.5 Å². The average Bonchev–Trinajstić information content (AvgIpc) is 3.24. The number of carboxylic acid groups (broad SMARTS) is 1. The van der Waals surface area contributed by atoms with Crippen LogP contribution in [-0.2, 0) is 11.2 Å². The number of benzene rings is 1. The molecule has 1 aliphatic rings. The van der Waals surface area contributed by atoms with E-state index in [0.717, 1.165) is 24.1 Å². The third-order valence-electron chi connectivity index (χ3n) is 3.63. The summed E-state index contributed by atoms with van der Waals surface area (Å²) in [6.45, 7) is 0. The molecule has 0 radical (unpaired) electrons. The average molecular weight is 300 g/mol. The summed E-state index contributed by atoms with van der Waals surface area (Å²) < 4.78 is 5.00. The largest absolute Gasteiger partial charge is 0.480 e. The Morgan fingerprint density at radius 1 is 1.32 bits per heavy atom. The van der Waals surface area contributed by atoms with Gasteiger partial charge in [-0.05, 0) is 18.4 Å². The van der Waals surface area contributed by atoms with Gasteiger partial charge in [-0.25, -0.2) is 4.79 Å². The maximum atomic E-state index is 12.1. The molecule has 22 heavy (non-hydrogen) atoms. The number of rotatable bonds is 6. The molecule has 1 heterocycles. The molecule has 0 bridgehead atoms. The fourth-order valence-corrected chi connectivity index (χ4v) is 2.25. The molecule has 0 saturated heterocycles. The van der Waals surface area contributed by atoms with E-state index in [4.69, 9.17) is 4.52 Å². The SMILES string of the molecule is O=C(NC(Cc1ccccc1)C(=O)O)c1cc(C2CC2)no1. The second-order valence-corrected chi connectivity index (χ2v) is 5.44. The van der Waals surface area contributed by atoms with E-state index in [1.165, 1.54) is 0 Å². The van der Waals surface area contributed by atoms with E-state index in [1.807, 2.05) is 30.3 Å². The van der Waals surface area contributed by atoms with Crippen molar-refractivity contribution >= 4 is 11.9 Å². The van der Waals surface area contributed by atoms with Gasteiger partial charge in [0.05, 0.1) is 5.69 Å². The molecule has 6 nitrogen and oxygen atoms in total. The van der Waals surface area contributed by atoms with Gasteiger partial charge in [-0.15, -0.1) is 0 Å². The Balaban J connectivity index is 1.67. The molecule has 1 atom stereocenters. The fraction of sp³-hybridized carbons (Fsp3) is 0.312. The zero-order chi connectivity index (χ0) is 15.5. The van der Waals surface area contributed by atoms with E-state index in [0.29, 0.717) is 5.92 Å². The van der Waals surface area contributed by atoms with Crippen LogP contribution in [0.2, 0.25) is 0 Å². The Labute approximate surface area is 127 Å². The number of hydrogen-bond acceptors (Lipinski definition) is 4. The van der Waals surface area contributed by atoms with Crippen molar-refractivity contribution < 1.29 is 19.2 Å². The van der Waals surface area contributed by atoms with E-state index in [2.05, 4.69) is 10.5 Å². The standard InChI is InChI=1S/C16H16N2O4/c19-15(14-9-12(18-22-14)11-6-7-11)17-13(16(20)21)8-10-4-2-1-3-5-10/h1-5,9,11,13H,6-8H2,(H,17,19)(H,20,21). The zero-order valence-electron chi connectivity index (χ0n) is 11.9. The minimum Gasteiger partial charge on any atom is -0.480 e. The molecule has 6 heteroatoms. The summed E-state index contributed by atoms with van der Waals surface area (Å²) in [4.78, 5) is 23.4. The van der Waals surface area contributed by atoms with Crippen molar-refractivity contribution in [2.24, 2.45) is 0 Å². The molecule has 2 N–H and O–H groups in total. The van der Waals surface area contributed by atoms with Gasteiger partial charge in [0.1, 0.15) is 6.04 Å². The number of carbonyl (C=O) groups is 2. The van der Waals surface area contributed by atoms with Crippen molar-refractivity contribution in [2.45, 2.75) is 31.2 Å². The summed E-state index contributed by atoms with van der Waals surface area (Å²) >= 11 is 0. The smallest absolute Gasteiger partial charge is 0.326 e. The number of hydrogen-bond donors (Lipinski definition) is 2. The van der Waals surface area contributed by atoms with Gasteiger partial charge in [-0.2, -0.15) is 0 Å². The fourth-order valence-electron chi connectivity index (χ4n) is 2.25. The molecular formula is C16H16N2O4. The van der Waals surface area contributed by atoms with Gasteiger partial charge in [0.25, 0.3) is 5.91 Å².